The van der Waals surface area contributed by atoms with Gasteiger partial charge in [0.05, 0.1) is 7.11 Å². The van der Waals surface area contributed by atoms with E-state index in [1.165, 1.54) is 52.1 Å². The van der Waals surface area contributed by atoms with Gasteiger partial charge < -0.3 is 4.74 Å². The Morgan fingerprint density at radius 2 is 1.38 bits per heavy atom. The van der Waals surface area contributed by atoms with Crippen molar-refractivity contribution in [1.82, 2.24) is 0 Å². The summed E-state index contributed by atoms with van der Waals surface area (Å²) in [7, 11) is 1.48. The predicted octanol–water partition coefficient (Wildman–Crippen LogP) is 8.00. The summed E-state index contributed by atoms with van der Waals surface area (Å²) >= 11 is 0. The second-order valence-electron chi connectivity index (χ2n) is 15.1. The van der Waals surface area contributed by atoms with Gasteiger partial charge in [-0.1, -0.05) is 48.5 Å². The number of carbonyl (C=O) groups is 2. The highest BCUT2D eigenvalue weighted by atomic mass is 16.5. The van der Waals surface area contributed by atoms with E-state index in [1.54, 1.807) is 6.92 Å². The third-order valence-corrected chi connectivity index (χ3v) is 13.2. The second-order valence-corrected chi connectivity index (χ2v) is 15.1. The minimum atomic E-state index is -0.334. The van der Waals surface area contributed by atoms with Gasteiger partial charge in [0.1, 0.15) is 5.78 Å². The molecule has 4 fully saturated rings. The number of Topliss-reactive ketones (excluding diaryl/α,β-unsaturated/α-hetero) is 1. The zero-order valence-corrected chi connectivity index (χ0v) is 23.7. The molecule has 0 saturated heterocycles. The Balaban J connectivity index is 1.74. The molecule has 0 amide bonds. The van der Waals surface area contributed by atoms with Crippen LogP contribution >= 0.6 is 0 Å². The van der Waals surface area contributed by atoms with Crippen LogP contribution in [0.5, 0.6) is 0 Å². The lowest BCUT2D eigenvalue weighted by Crippen LogP contribution is -2.67. The average molecular weight is 473 g/mol. The van der Waals surface area contributed by atoms with E-state index in [0.717, 1.165) is 25.2 Å². The Labute approximate surface area is 209 Å². The first-order valence-corrected chi connectivity index (χ1v) is 14.2. The zero-order chi connectivity index (χ0) is 25.4. The molecule has 3 heteroatoms. The van der Waals surface area contributed by atoms with Crippen molar-refractivity contribution in [2.24, 2.45) is 50.2 Å². The smallest absolute Gasteiger partial charge is 0.305 e. The van der Waals surface area contributed by atoms with E-state index in [0.29, 0.717) is 39.8 Å². The Bertz CT molecular complexity index is 846. The minimum Gasteiger partial charge on any atom is -0.469 e. The van der Waals surface area contributed by atoms with Crippen molar-refractivity contribution in [3.63, 3.8) is 0 Å². The van der Waals surface area contributed by atoms with Crippen LogP contribution in [0.2, 0.25) is 0 Å². The highest BCUT2D eigenvalue weighted by Gasteiger charge is 2.70. The van der Waals surface area contributed by atoms with E-state index < -0.39 is 0 Å². The van der Waals surface area contributed by atoms with Crippen molar-refractivity contribution in [2.45, 2.75) is 126 Å². The number of hydrogen-bond acceptors (Lipinski definition) is 3. The summed E-state index contributed by atoms with van der Waals surface area (Å²) in [6.45, 7) is 19.4. The van der Waals surface area contributed by atoms with Gasteiger partial charge in [-0.3, -0.25) is 9.59 Å². The van der Waals surface area contributed by atoms with Gasteiger partial charge in [0.15, 0.2) is 0 Å². The summed E-state index contributed by atoms with van der Waals surface area (Å²) in [5, 5.41) is 0. The van der Waals surface area contributed by atoms with Crippen molar-refractivity contribution >= 4 is 11.8 Å². The Kier molecular flexibility index (Phi) is 6.22. The highest BCUT2D eigenvalue weighted by Crippen LogP contribution is 2.77. The van der Waals surface area contributed by atoms with Gasteiger partial charge >= 0.3 is 5.97 Å². The van der Waals surface area contributed by atoms with Crippen LogP contribution in [0.25, 0.3) is 0 Å². The van der Waals surface area contributed by atoms with Gasteiger partial charge in [-0.15, -0.1) is 0 Å². The molecule has 8 atom stereocenters. The first kappa shape index (κ1) is 26.2. The molecule has 0 radical (unpaired) electrons. The maximum Gasteiger partial charge on any atom is 0.305 e. The van der Waals surface area contributed by atoms with Crippen LogP contribution < -0.4 is 0 Å². The number of hydrogen-bond donors (Lipinski definition) is 0. The molecule has 0 aromatic heterocycles. The SMILES string of the molecule is COC(=O)CC[C@H]1[C@]2(C)CC[C@@]3(C)[C@@H]4CC(C)(C)CC[C@]4(C)CC[C@]3(C)[C@H]2CC[C@]1(C)C(C)=O. The number of ether oxygens (including phenoxy) is 1. The van der Waals surface area contributed by atoms with E-state index in [2.05, 4.69) is 48.5 Å². The first-order chi connectivity index (χ1) is 15.6. The Morgan fingerprint density at radius 3 is 2.00 bits per heavy atom. The van der Waals surface area contributed by atoms with E-state index >= 15 is 0 Å². The van der Waals surface area contributed by atoms with Crippen molar-refractivity contribution in [2.75, 3.05) is 7.11 Å². The third-order valence-electron chi connectivity index (χ3n) is 13.2. The molecule has 0 unspecified atom stereocenters. The second kappa shape index (κ2) is 8.07. The third kappa shape index (κ3) is 3.56. The van der Waals surface area contributed by atoms with Gasteiger partial charge in [-0.05, 0) is 116 Å². The molecular weight excluding hydrogens is 420 g/mol. The molecule has 194 valence electrons. The molecule has 0 heterocycles. The minimum absolute atomic E-state index is 0.0961. The van der Waals surface area contributed by atoms with E-state index in [4.69, 9.17) is 4.74 Å². The molecule has 4 rings (SSSR count). The molecule has 0 spiro atoms. The summed E-state index contributed by atoms with van der Waals surface area (Å²) in [5.41, 5.74) is 1.32. The van der Waals surface area contributed by atoms with Crippen LogP contribution in [-0.2, 0) is 14.3 Å². The van der Waals surface area contributed by atoms with Crippen molar-refractivity contribution in [3.05, 3.63) is 0 Å². The maximum absolute atomic E-state index is 13.1. The van der Waals surface area contributed by atoms with E-state index in [1.807, 2.05) is 0 Å². The molecule has 3 nitrogen and oxygen atoms in total. The van der Waals surface area contributed by atoms with Crippen LogP contribution in [0.4, 0.5) is 0 Å². The fourth-order valence-electron chi connectivity index (χ4n) is 10.5. The van der Waals surface area contributed by atoms with Crippen LogP contribution in [-0.4, -0.2) is 18.9 Å². The number of rotatable bonds is 4. The number of ketones is 1. The average Bonchev–Trinajstić information content (AvgIpc) is 2.76. The van der Waals surface area contributed by atoms with Gasteiger partial charge in [0.2, 0.25) is 0 Å². The number of esters is 1. The molecule has 0 bridgehead atoms. The molecular formula is C31H52O3. The molecule has 4 saturated carbocycles. The lowest BCUT2D eigenvalue weighted by molar-refractivity contribution is -0.249. The quantitative estimate of drug-likeness (QED) is 0.389. The topological polar surface area (TPSA) is 43.4 Å². The molecule has 0 aromatic rings. The number of carbonyl (C=O) groups excluding carboxylic acids is 2. The van der Waals surface area contributed by atoms with Crippen LogP contribution in [0.3, 0.4) is 0 Å². The van der Waals surface area contributed by atoms with Crippen molar-refractivity contribution in [1.29, 1.82) is 0 Å². The summed E-state index contributed by atoms with van der Waals surface area (Å²) in [6, 6.07) is 0. The maximum atomic E-state index is 13.1. The standard InChI is InChI=1S/C31H52O3/c1-21(32)28(5)13-12-23-29(6,22(28)10-11-25(33)34-9)17-19-31(8)24-20-26(2,3)14-15-27(24,4)16-18-30(23,31)7/h22-24H,10-20H2,1-9H3/t22-,23+,24-,27-,28-,29+,30-,31+/m1/s1. The Morgan fingerprint density at radius 1 is 0.794 bits per heavy atom. The van der Waals surface area contributed by atoms with E-state index in [9.17, 15) is 9.59 Å². The van der Waals surface area contributed by atoms with Crippen molar-refractivity contribution in [3.8, 4) is 0 Å². The first-order valence-electron chi connectivity index (χ1n) is 14.2. The lowest BCUT2D eigenvalue weighted by atomic mass is 9.31. The summed E-state index contributed by atoms with van der Waals surface area (Å²) in [5.74, 6) is 1.81. The van der Waals surface area contributed by atoms with Crippen LogP contribution in [0.1, 0.15) is 126 Å². The summed E-state index contributed by atoms with van der Waals surface area (Å²) in [6.07, 6.45) is 12.5. The summed E-state index contributed by atoms with van der Waals surface area (Å²) in [4.78, 5) is 25.3. The van der Waals surface area contributed by atoms with Crippen LogP contribution in [0, 0.1) is 50.2 Å². The largest absolute Gasteiger partial charge is 0.469 e. The fourth-order valence-corrected chi connectivity index (χ4v) is 10.5. The monoisotopic (exact) mass is 472 g/mol. The predicted molar refractivity (Wildman–Crippen MR) is 138 cm³/mol. The lowest BCUT2D eigenvalue weighted by Gasteiger charge is -2.74. The van der Waals surface area contributed by atoms with Crippen molar-refractivity contribution < 1.29 is 14.3 Å². The molecule has 0 aromatic carbocycles. The summed E-state index contributed by atoms with van der Waals surface area (Å²) < 4.78 is 5.03. The molecule has 0 N–H and O–H groups in total. The number of fused-ring (bicyclic) bond motifs is 5. The van der Waals surface area contributed by atoms with Crippen LogP contribution in [0.15, 0.2) is 0 Å². The fraction of sp³-hybridized carbons (Fsp3) is 0.935. The molecule has 0 aliphatic heterocycles. The Hall–Kier alpha value is -0.860. The number of methoxy groups -OCH3 is 1. The van der Waals surface area contributed by atoms with Gasteiger partial charge in [-0.25, -0.2) is 0 Å². The van der Waals surface area contributed by atoms with Gasteiger partial charge in [-0.2, -0.15) is 0 Å². The van der Waals surface area contributed by atoms with Gasteiger partial charge in [0.25, 0.3) is 0 Å². The van der Waals surface area contributed by atoms with E-state index in [-0.39, 0.29) is 22.7 Å². The normalized spacial score (nSPS) is 49.9. The zero-order valence-electron chi connectivity index (χ0n) is 23.7. The highest BCUT2D eigenvalue weighted by molar-refractivity contribution is 5.82. The molecule has 4 aliphatic carbocycles. The molecule has 4 aliphatic rings. The molecule has 34 heavy (non-hydrogen) atoms. The van der Waals surface area contributed by atoms with Gasteiger partial charge in [0, 0.05) is 11.8 Å².